The Morgan fingerprint density at radius 3 is 2.41 bits per heavy atom. The fourth-order valence-corrected chi connectivity index (χ4v) is 2.58. The summed E-state index contributed by atoms with van der Waals surface area (Å²) in [5.74, 6) is 0.335. The molecule has 0 radical (unpaired) electrons. The Hall–Kier alpha value is -0.630. The summed E-state index contributed by atoms with van der Waals surface area (Å²) < 4.78 is 11.5. The van der Waals surface area contributed by atoms with Crippen molar-refractivity contribution in [2.75, 3.05) is 6.61 Å². The van der Waals surface area contributed by atoms with Crippen LogP contribution in [-0.4, -0.2) is 30.5 Å². The van der Waals surface area contributed by atoms with Gasteiger partial charge in [-0.1, -0.05) is 0 Å². The molecular formula is C13H22N2O2. The van der Waals surface area contributed by atoms with Crippen LogP contribution < -0.4 is 5.73 Å². The molecule has 0 aromatic heterocycles. The normalized spacial score (nSPS) is 37.2. The van der Waals surface area contributed by atoms with Crippen LogP contribution in [0, 0.1) is 17.2 Å². The molecule has 0 bridgehead atoms. The molecule has 4 nitrogen and oxygen atoms in total. The molecule has 96 valence electrons. The highest BCUT2D eigenvalue weighted by atomic mass is 16.5. The van der Waals surface area contributed by atoms with E-state index in [1.54, 1.807) is 0 Å². The minimum absolute atomic E-state index is 0.184. The second-order valence-corrected chi connectivity index (χ2v) is 5.59. The standard InChI is InChI=1S/C13H22N2O2/c1-9-5-12(6-10(2)17-9)16-8-13(15,7-14)11-3-4-11/h9-12H,3-6,8,15H2,1-2H3. The number of ether oxygens (including phenoxy) is 2. The van der Waals surface area contributed by atoms with Crippen LogP contribution in [0.15, 0.2) is 0 Å². The number of hydrogen-bond acceptors (Lipinski definition) is 4. The van der Waals surface area contributed by atoms with Crippen molar-refractivity contribution >= 4 is 0 Å². The molecule has 2 rings (SSSR count). The molecule has 1 heterocycles. The predicted octanol–water partition coefficient (Wildman–Crippen LogP) is 1.59. The van der Waals surface area contributed by atoms with Crippen molar-refractivity contribution in [3.05, 3.63) is 0 Å². The topological polar surface area (TPSA) is 68.3 Å². The van der Waals surface area contributed by atoms with E-state index in [-0.39, 0.29) is 18.3 Å². The molecule has 2 N–H and O–H groups in total. The first-order chi connectivity index (χ1) is 8.03. The molecule has 1 aliphatic heterocycles. The molecule has 1 saturated heterocycles. The fourth-order valence-electron chi connectivity index (χ4n) is 2.58. The average Bonchev–Trinajstić information content (AvgIpc) is 3.08. The summed E-state index contributed by atoms with van der Waals surface area (Å²) in [6.07, 6.45) is 4.58. The Morgan fingerprint density at radius 1 is 1.35 bits per heavy atom. The van der Waals surface area contributed by atoms with Crippen molar-refractivity contribution in [2.45, 2.75) is 63.4 Å². The van der Waals surface area contributed by atoms with Crippen LogP contribution >= 0.6 is 0 Å². The molecular weight excluding hydrogens is 216 g/mol. The molecule has 0 amide bonds. The summed E-state index contributed by atoms with van der Waals surface area (Å²) in [4.78, 5) is 0. The van der Waals surface area contributed by atoms with Gasteiger partial charge in [-0.25, -0.2) is 0 Å². The molecule has 0 aromatic rings. The average molecular weight is 238 g/mol. The predicted molar refractivity (Wildman–Crippen MR) is 64.2 cm³/mol. The summed E-state index contributed by atoms with van der Waals surface area (Å²) in [6.45, 7) is 4.48. The second kappa shape index (κ2) is 4.93. The van der Waals surface area contributed by atoms with E-state index in [1.807, 2.05) is 0 Å². The summed E-state index contributed by atoms with van der Waals surface area (Å²) in [7, 11) is 0. The number of nitrogens with two attached hydrogens (primary N) is 1. The van der Waals surface area contributed by atoms with E-state index in [0.717, 1.165) is 25.7 Å². The fraction of sp³-hybridized carbons (Fsp3) is 0.923. The van der Waals surface area contributed by atoms with Gasteiger partial charge in [0.05, 0.1) is 31.0 Å². The van der Waals surface area contributed by atoms with Crippen LogP contribution in [0.3, 0.4) is 0 Å². The highest BCUT2D eigenvalue weighted by Crippen LogP contribution is 2.38. The zero-order valence-corrected chi connectivity index (χ0v) is 10.7. The largest absolute Gasteiger partial charge is 0.375 e. The SMILES string of the molecule is CC1CC(OCC(N)(C#N)C2CC2)CC(C)O1. The Kier molecular flexibility index (Phi) is 3.72. The first-order valence-corrected chi connectivity index (χ1v) is 6.50. The number of rotatable bonds is 4. The van der Waals surface area contributed by atoms with E-state index >= 15 is 0 Å². The Balaban J connectivity index is 1.83. The lowest BCUT2D eigenvalue weighted by Gasteiger charge is -2.33. The van der Waals surface area contributed by atoms with Gasteiger partial charge in [-0.2, -0.15) is 5.26 Å². The zero-order chi connectivity index (χ0) is 12.5. The van der Waals surface area contributed by atoms with Crippen molar-refractivity contribution in [1.29, 1.82) is 5.26 Å². The third-order valence-corrected chi connectivity index (χ3v) is 3.73. The highest BCUT2D eigenvalue weighted by molar-refractivity contribution is 5.13. The second-order valence-electron chi connectivity index (χ2n) is 5.59. The minimum atomic E-state index is -0.773. The Morgan fingerprint density at radius 2 is 1.94 bits per heavy atom. The maximum absolute atomic E-state index is 9.15. The third kappa shape index (κ3) is 3.19. The molecule has 2 fully saturated rings. The Bertz CT molecular complexity index is 301. The number of hydrogen-bond donors (Lipinski definition) is 1. The first kappa shape index (κ1) is 12.8. The molecule has 1 saturated carbocycles. The quantitative estimate of drug-likeness (QED) is 0.807. The van der Waals surface area contributed by atoms with E-state index in [1.165, 1.54) is 0 Å². The summed E-state index contributed by atoms with van der Waals surface area (Å²) in [6, 6.07) is 2.22. The van der Waals surface area contributed by atoms with E-state index in [0.29, 0.717) is 12.5 Å². The van der Waals surface area contributed by atoms with Crippen LogP contribution in [0.5, 0.6) is 0 Å². The summed E-state index contributed by atoms with van der Waals surface area (Å²) >= 11 is 0. The molecule has 2 aliphatic rings. The van der Waals surface area contributed by atoms with Crippen LogP contribution in [0.1, 0.15) is 39.5 Å². The number of nitrogens with zero attached hydrogens (tertiary/aromatic N) is 1. The van der Waals surface area contributed by atoms with Gasteiger partial charge in [0.15, 0.2) is 0 Å². The van der Waals surface area contributed by atoms with Gasteiger partial charge in [-0.05, 0) is 45.4 Å². The maximum Gasteiger partial charge on any atom is 0.130 e. The van der Waals surface area contributed by atoms with Gasteiger partial charge in [0.1, 0.15) is 5.54 Å². The first-order valence-electron chi connectivity index (χ1n) is 6.50. The maximum atomic E-state index is 9.15. The summed E-state index contributed by atoms with van der Waals surface area (Å²) in [5.41, 5.74) is 5.30. The smallest absolute Gasteiger partial charge is 0.130 e. The van der Waals surface area contributed by atoms with Gasteiger partial charge in [-0.3, -0.25) is 0 Å². The third-order valence-electron chi connectivity index (χ3n) is 3.73. The molecule has 3 atom stereocenters. The molecule has 3 unspecified atom stereocenters. The molecule has 1 aliphatic carbocycles. The molecule has 0 aromatic carbocycles. The van der Waals surface area contributed by atoms with Crippen molar-refractivity contribution in [1.82, 2.24) is 0 Å². The number of nitriles is 1. The van der Waals surface area contributed by atoms with Crippen LogP contribution in [0.25, 0.3) is 0 Å². The van der Waals surface area contributed by atoms with E-state index in [4.69, 9.17) is 20.5 Å². The molecule has 0 spiro atoms. The minimum Gasteiger partial charge on any atom is -0.375 e. The lowest BCUT2D eigenvalue weighted by molar-refractivity contribution is -0.107. The van der Waals surface area contributed by atoms with E-state index in [2.05, 4.69) is 19.9 Å². The van der Waals surface area contributed by atoms with Crippen LogP contribution in [-0.2, 0) is 9.47 Å². The Labute approximate surface area is 103 Å². The van der Waals surface area contributed by atoms with Gasteiger partial charge in [-0.15, -0.1) is 0 Å². The van der Waals surface area contributed by atoms with Crippen molar-refractivity contribution in [3.63, 3.8) is 0 Å². The lowest BCUT2D eigenvalue weighted by Crippen LogP contribution is -2.47. The van der Waals surface area contributed by atoms with Gasteiger partial charge in [0.2, 0.25) is 0 Å². The van der Waals surface area contributed by atoms with Gasteiger partial charge < -0.3 is 15.2 Å². The van der Waals surface area contributed by atoms with Gasteiger partial charge in [0.25, 0.3) is 0 Å². The lowest BCUT2D eigenvalue weighted by atomic mass is 9.97. The van der Waals surface area contributed by atoms with Crippen LogP contribution in [0.4, 0.5) is 0 Å². The van der Waals surface area contributed by atoms with E-state index in [9.17, 15) is 0 Å². The van der Waals surface area contributed by atoms with Gasteiger partial charge >= 0.3 is 0 Å². The van der Waals surface area contributed by atoms with Crippen LogP contribution in [0.2, 0.25) is 0 Å². The molecule has 17 heavy (non-hydrogen) atoms. The van der Waals surface area contributed by atoms with Crippen molar-refractivity contribution < 1.29 is 9.47 Å². The molecule has 4 heteroatoms. The monoisotopic (exact) mass is 238 g/mol. The zero-order valence-electron chi connectivity index (χ0n) is 10.7. The van der Waals surface area contributed by atoms with Gasteiger partial charge in [0, 0.05) is 0 Å². The highest BCUT2D eigenvalue weighted by Gasteiger charge is 2.43. The van der Waals surface area contributed by atoms with E-state index < -0.39 is 5.54 Å². The van der Waals surface area contributed by atoms with Crippen molar-refractivity contribution in [3.8, 4) is 6.07 Å². The summed E-state index contributed by atoms with van der Waals surface area (Å²) in [5, 5.41) is 9.15. The van der Waals surface area contributed by atoms with Crippen molar-refractivity contribution in [2.24, 2.45) is 11.7 Å².